The second kappa shape index (κ2) is 5.64. The van der Waals surface area contributed by atoms with E-state index in [4.69, 9.17) is 10.2 Å². The summed E-state index contributed by atoms with van der Waals surface area (Å²) < 4.78 is 5.66. The van der Waals surface area contributed by atoms with Crippen molar-refractivity contribution in [1.29, 1.82) is 0 Å². The lowest BCUT2D eigenvalue weighted by Crippen LogP contribution is -1.99. The van der Waals surface area contributed by atoms with Crippen molar-refractivity contribution in [3.8, 4) is 0 Å². The molecule has 0 saturated carbocycles. The zero-order valence-corrected chi connectivity index (χ0v) is 10.1. The third-order valence-corrected chi connectivity index (χ3v) is 2.67. The van der Waals surface area contributed by atoms with Gasteiger partial charge in [-0.25, -0.2) is 4.98 Å². The van der Waals surface area contributed by atoms with Crippen LogP contribution in [0.3, 0.4) is 0 Å². The Labute approximate surface area is 102 Å². The summed E-state index contributed by atoms with van der Waals surface area (Å²) in [6.45, 7) is 2.78. The standard InChI is InChI=1S/C14H18N2O/c1-11-4-2-5-12(8-11)9-14-16-10-13(17-14)6-3-7-15/h2,4-5,8,10H,3,6-7,9,15H2,1H3. The molecule has 3 heteroatoms. The van der Waals surface area contributed by atoms with Gasteiger partial charge in [-0.1, -0.05) is 29.8 Å². The number of hydrogen-bond acceptors (Lipinski definition) is 3. The van der Waals surface area contributed by atoms with Gasteiger partial charge in [-0.2, -0.15) is 0 Å². The number of nitrogens with two attached hydrogens (primary N) is 1. The Bertz CT molecular complexity index is 477. The molecule has 0 bridgehead atoms. The Hall–Kier alpha value is -1.61. The molecule has 2 rings (SSSR count). The Kier molecular flexibility index (Phi) is 3.94. The van der Waals surface area contributed by atoms with Crippen LogP contribution in [0.5, 0.6) is 0 Å². The highest BCUT2D eigenvalue weighted by atomic mass is 16.4. The van der Waals surface area contributed by atoms with Crippen molar-refractivity contribution >= 4 is 0 Å². The maximum absolute atomic E-state index is 5.66. The first-order valence-electron chi connectivity index (χ1n) is 5.97. The second-order valence-corrected chi connectivity index (χ2v) is 4.28. The molecule has 1 aromatic heterocycles. The van der Waals surface area contributed by atoms with Gasteiger partial charge in [-0.15, -0.1) is 0 Å². The van der Waals surface area contributed by atoms with Crippen molar-refractivity contribution in [3.05, 3.63) is 53.2 Å². The van der Waals surface area contributed by atoms with Gasteiger partial charge in [0.1, 0.15) is 5.76 Å². The number of aryl methyl sites for hydroxylation is 2. The molecule has 90 valence electrons. The van der Waals surface area contributed by atoms with Crippen LogP contribution >= 0.6 is 0 Å². The van der Waals surface area contributed by atoms with E-state index in [1.165, 1.54) is 11.1 Å². The normalized spacial score (nSPS) is 10.7. The van der Waals surface area contributed by atoms with E-state index < -0.39 is 0 Å². The Morgan fingerprint density at radius 2 is 2.24 bits per heavy atom. The zero-order chi connectivity index (χ0) is 12.1. The van der Waals surface area contributed by atoms with Crippen molar-refractivity contribution < 1.29 is 4.42 Å². The molecular weight excluding hydrogens is 212 g/mol. The van der Waals surface area contributed by atoms with Crippen LogP contribution in [0.15, 0.2) is 34.9 Å². The van der Waals surface area contributed by atoms with Gasteiger partial charge in [0.2, 0.25) is 0 Å². The lowest BCUT2D eigenvalue weighted by atomic mass is 10.1. The first-order chi connectivity index (χ1) is 8.28. The van der Waals surface area contributed by atoms with E-state index in [1.807, 2.05) is 0 Å². The van der Waals surface area contributed by atoms with Crippen LogP contribution in [0.25, 0.3) is 0 Å². The molecule has 0 aliphatic rings. The molecular formula is C14H18N2O. The van der Waals surface area contributed by atoms with E-state index in [9.17, 15) is 0 Å². The molecule has 0 radical (unpaired) electrons. The third kappa shape index (κ3) is 3.43. The maximum atomic E-state index is 5.66. The summed E-state index contributed by atoms with van der Waals surface area (Å²) in [6.07, 6.45) is 4.38. The van der Waals surface area contributed by atoms with Gasteiger partial charge in [0.15, 0.2) is 5.89 Å². The van der Waals surface area contributed by atoms with Gasteiger partial charge < -0.3 is 10.2 Å². The number of oxazole rings is 1. The predicted molar refractivity (Wildman–Crippen MR) is 67.9 cm³/mol. The average Bonchev–Trinajstić information content (AvgIpc) is 2.74. The fraction of sp³-hybridized carbons (Fsp3) is 0.357. The summed E-state index contributed by atoms with van der Waals surface area (Å²) in [6, 6.07) is 8.40. The summed E-state index contributed by atoms with van der Waals surface area (Å²) >= 11 is 0. The van der Waals surface area contributed by atoms with Gasteiger partial charge in [-0.3, -0.25) is 0 Å². The van der Waals surface area contributed by atoms with Crippen LogP contribution in [0.4, 0.5) is 0 Å². The molecule has 2 aromatic rings. The van der Waals surface area contributed by atoms with Crippen molar-refractivity contribution in [3.63, 3.8) is 0 Å². The second-order valence-electron chi connectivity index (χ2n) is 4.28. The highest BCUT2D eigenvalue weighted by Crippen LogP contribution is 2.12. The van der Waals surface area contributed by atoms with Crippen LogP contribution in [-0.4, -0.2) is 11.5 Å². The monoisotopic (exact) mass is 230 g/mol. The number of benzene rings is 1. The van der Waals surface area contributed by atoms with E-state index in [-0.39, 0.29) is 0 Å². The molecule has 0 atom stereocenters. The Balaban J connectivity index is 2.01. The molecule has 1 heterocycles. The van der Waals surface area contributed by atoms with Crippen LogP contribution < -0.4 is 5.73 Å². The summed E-state index contributed by atoms with van der Waals surface area (Å²) in [5, 5.41) is 0. The highest BCUT2D eigenvalue weighted by Gasteiger charge is 2.04. The topological polar surface area (TPSA) is 52.0 Å². The number of rotatable bonds is 5. The molecule has 0 unspecified atom stereocenters. The zero-order valence-electron chi connectivity index (χ0n) is 10.1. The van der Waals surface area contributed by atoms with Crippen molar-refractivity contribution in [1.82, 2.24) is 4.98 Å². The Morgan fingerprint density at radius 3 is 3.00 bits per heavy atom. The number of hydrogen-bond donors (Lipinski definition) is 1. The molecule has 1 aromatic carbocycles. The minimum Gasteiger partial charge on any atom is -0.445 e. The third-order valence-electron chi connectivity index (χ3n) is 2.67. The van der Waals surface area contributed by atoms with Crippen LogP contribution in [0.2, 0.25) is 0 Å². The molecule has 3 nitrogen and oxygen atoms in total. The minimum atomic E-state index is 0.688. The minimum absolute atomic E-state index is 0.688. The lowest BCUT2D eigenvalue weighted by Gasteiger charge is -1.99. The Morgan fingerprint density at radius 1 is 1.35 bits per heavy atom. The SMILES string of the molecule is Cc1cccc(Cc2ncc(CCCN)o2)c1. The van der Waals surface area contributed by atoms with E-state index >= 15 is 0 Å². The number of aromatic nitrogens is 1. The predicted octanol–water partition coefficient (Wildman–Crippen LogP) is 2.47. The molecule has 0 aliphatic carbocycles. The molecule has 0 fully saturated rings. The van der Waals surface area contributed by atoms with Gasteiger partial charge in [-0.05, 0) is 25.5 Å². The van der Waals surface area contributed by atoms with Gasteiger partial charge in [0, 0.05) is 12.8 Å². The smallest absolute Gasteiger partial charge is 0.198 e. The molecule has 0 amide bonds. The van der Waals surface area contributed by atoms with Gasteiger partial charge >= 0.3 is 0 Å². The van der Waals surface area contributed by atoms with E-state index in [0.29, 0.717) is 6.54 Å². The first-order valence-corrected chi connectivity index (χ1v) is 5.97. The van der Waals surface area contributed by atoms with Crippen molar-refractivity contribution in [2.45, 2.75) is 26.2 Å². The van der Waals surface area contributed by atoms with E-state index in [0.717, 1.165) is 30.9 Å². The summed E-state index contributed by atoms with van der Waals surface area (Å²) in [5.41, 5.74) is 7.96. The lowest BCUT2D eigenvalue weighted by molar-refractivity contribution is 0.459. The molecule has 17 heavy (non-hydrogen) atoms. The van der Waals surface area contributed by atoms with Gasteiger partial charge in [0.25, 0.3) is 0 Å². The van der Waals surface area contributed by atoms with Gasteiger partial charge in [0.05, 0.1) is 6.20 Å². The average molecular weight is 230 g/mol. The quantitative estimate of drug-likeness (QED) is 0.858. The van der Waals surface area contributed by atoms with Crippen molar-refractivity contribution in [2.24, 2.45) is 5.73 Å². The molecule has 0 spiro atoms. The van der Waals surface area contributed by atoms with Crippen LogP contribution in [0.1, 0.15) is 29.2 Å². The van der Waals surface area contributed by atoms with E-state index in [1.54, 1.807) is 6.20 Å². The molecule has 0 aliphatic heterocycles. The highest BCUT2D eigenvalue weighted by molar-refractivity contribution is 5.24. The molecule has 2 N–H and O–H groups in total. The maximum Gasteiger partial charge on any atom is 0.198 e. The van der Waals surface area contributed by atoms with Crippen molar-refractivity contribution in [2.75, 3.05) is 6.54 Å². The summed E-state index contributed by atoms with van der Waals surface area (Å²) in [4.78, 5) is 4.29. The fourth-order valence-corrected chi connectivity index (χ4v) is 1.82. The summed E-state index contributed by atoms with van der Waals surface area (Å²) in [5.74, 6) is 1.71. The fourth-order valence-electron chi connectivity index (χ4n) is 1.82. The van der Waals surface area contributed by atoms with E-state index in [2.05, 4.69) is 36.2 Å². The van der Waals surface area contributed by atoms with Crippen LogP contribution in [0, 0.1) is 6.92 Å². The first kappa shape index (κ1) is 11.9. The largest absolute Gasteiger partial charge is 0.445 e. The number of nitrogens with zero attached hydrogens (tertiary/aromatic N) is 1. The summed E-state index contributed by atoms with van der Waals surface area (Å²) in [7, 11) is 0. The van der Waals surface area contributed by atoms with Crippen LogP contribution in [-0.2, 0) is 12.8 Å². The molecule has 0 saturated heterocycles.